The third-order valence-electron chi connectivity index (χ3n) is 3.29. The topological polar surface area (TPSA) is 32.8 Å². The summed E-state index contributed by atoms with van der Waals surface area (Å²) in [5.74, 6) is 0.201. The van der Waals surface area contributed by atoms with Crippen molar-refractivity contribution in [3.8, 4) is 0 Å². The monoisotopic (exact) mass is 248 g/mol. The first-order valence-electron chi connectivity index (χ1n) is 6.17. The SMILES string of the molecule is COCN(C)Cc1ccc2c(c1)CCC(=O)N2C. The first-order chi connectivity index (χ1) is 8.61. The molecule has 0 aliphatic carbocycles. The summed E-state index contributed by atoms with van der Waals surface area (Å²) >= 11 is 0. The molecule has 4 nitrogen and oxygen atoms in total. The highest BCUT2D eigenvalue weighted by molar-refractivity contribution is 5.95. The molecule has 0 unspecified atom stereocenters. The second-order valence-corrected chi connectivity index (χ2v) is 4.85. The Balaban J connectivity index is 2.15. The van der Waals surface area contributed by atoms with Gasteiger partial charge in [-0.1, -0.05) is 12.1 Å². The van der Waals surface area contributed by atoms with Gasteiger partial charge >= 0.3 is 0 Å². The van der Waals surface area contributed by atoms with Gasteiger partial charge < -0.3 is 9.64 Å². The molecule has 1 aromatic rings. The molecule has 0 aromatic heterocycles. The zero-order chi connectivity index (χ0) is 13.1. The summed E-state index contributed by atoms with van der Waals surface area (Å²) in [5, 5.41) is 0. The number of aryl methyl sites for hydroxylation is 1. The number of methoxy groups -OCH3 is 1. The highest BCUT2D eigenvalue weighted by Gasteiger charge is 2.20. The Bertz CT molecular complexity index is 445. The fraction of sp³-hybridized carbons (Fsp3) is 0.500. The van der Waals surface area contributed by atoms with Crippen molar-refractivity contribution in [1.82, 2.24) is 4.90 Å². The maximum absolute atomic E-state index is 11.6. The highest BCUT2D eigenvalue weighted by Crippen LogP contribution is 2.27. The molecule has 0 spiro atoms. The smallest absolute Gasteiger partial charge is 0.227 e. The van der Waals surface area contributed by atoms with Crippen LogP contribution in [0.3, 0.4) is 0 Å². The second-order valence-electron chi connectivity index (χ2n) is 4.85. The molecule has 4 heteroatoms. The van der Waals surface area contributed by atoms with Crippen LogP contribution in [0.25, 0.3) is 0 Å². The van der Waals surface area contributed by atoms with E-state index in [2.05, 4.69) is 17.0 Å². The van der Waals surface area contributed by atoms with Gasteiger partial charge in [0.15, 0.2) is 0 Å². The minimum atomic E-state index is 0.201. The summed E-state index contributed by atoms with van der Waals surface area (Å²) in [4.78, 5) is 15.5. The van der Waals surface area contributed by atoms with Crippen LogP contribution >= 0.6 is 0 Å². The Morgan fingerprint density at radius 1 is 1.39 bits per heavy atom. The molecule has 1 aliphatic rings. The standard InChI is InChI=1S/C14H20N2O2/c1-15(10-18-3)9-11-4-6-13-12(8-11)5-7-14(17)16(13)2/h4,6,8H,5,7,9-10H2,1-3H3. The predicted octanol–water partition coefficient (Wildman–Crippen LogP) is 1.63. The first-order valence-corrected chi connectivity index (χ1v) is 6.17. The maximum Gasteiger partial charge on any atom is 0.227 e. The number of ether oxygens (including phenoxy) is 1. The van der Waals surface area contributed by atoms with E-state index in [0.717, 1.165) is 18.7 Å². The molecule has 0 N–H and O–H groups in total. The molecular weight excluding hydrogens is 228 g/mol. The van der Waals surface area contributed by atoms with E-state index >= 15 is 0 Å². The van der Waals surface area contributed by atoms with E-state index in [9.17, 15) is 4.79 Å². The minimum absolute atomic E-state index is 0.201. The van der Waals surface area contributed by atoms with Crippen LogP contribution in [-0.2, 0) is 22.5 Å². The Kier molecular flexibility index (Phi) is 3.99. The predicted molar refractivity (Wildman–Crippen MR) is 71.5 cm³/mol. The van der Waals surface area contributed by atoms with Crippen molar-refractivity contribution in [2.24, 2.45) is 0 Å². The summed E-state index contributed by atoms with van der Waals surface area (Å²) < 4.78 is 5.09. The number of carbonyl (C=O) groups is 1. The van der Waals surface area contributed by atoms with Gasteiger partial charge in [-0.3, -0.25) is 9.69 Å². The number of fused-ring (bicyclic) bond motifs is 1. The largest absolute Gasteiger partial charge is 0.369 e. The number of rotatable bonds is 4. The van der Waals surface area contributed by atoms with Gasteiger partial charge in [0.05, 0.1) is 6.73 Å². The fourth-order valence-electron chi connectivity index (χ4n) is 2.39. The number of benzene rings is 1. The van der Waals surface area contributed by atoms with Crippen molar-refractivity contribution in [3.05, 3.63) is 29.3 Å². The molecule has 1 amide bonds. The Hall–Kier alpha value is -1.39. The van der Waals surface area contributed by atoms with Gasteiger partial charge in [-0.15, -0.1) is 0 Å². The minimum Gasteiger partial charge on any atom is -0.369 e. The van der Waals surface area contributed by atoms with Gasteiger partial charge in [0.2, 0.25) is 5.91 Å². The zero-order valence-corrected chi connectivity index (χ0v) is 11.3. The lowest BCUT2D eigenvalue weighted by atomic mass is 9.99. The van der Waals surface area contributed by atoms with Crippen LogP contribution in [0, 0.1) is 0 Å². The highest BCUT2D eigenvalue weighted by atomic mass is 16.5. The van der Waals surface area contributed by atoms with E-state index in [1.165, 1.54) is 11.1 Å². The molecule has 2 rings (SSSR count). The molecule has 1 aromatic carbocycles. The van der Waals surface area contributed by atoms with Crippen LogP contribution in [0.15, 0.2) is 18.2 Å². The molecule has 0 saturated heterocycles. The molecular formula is C14H20N2O2. The van der Waals surface area contributed by atoms with E-state index in [0.29, 0.717) is 13.2 Å². The van der Waals surface area contributed by atoms with Gasteiger partial charge in [-0.05, 0) is 30.7 Å². The number of anilines is 1. The van der Waals surface area contributed by atoms with Crippen LogP contribution in [0.5, 0.6) is 0 Å². The van der Waals surface area contributed by atoms with Crippen LogP contribution in [0.2, 0.25) is 0 Å². The maximum atomic E-state index is 11.6. The molecule has 1 heterocycles. The normalized spacial score (nSPS) is 15.1. The molecule has 0 atom stereocenters. The summed E-state index contributed by atoms with van der Waals surface area (Å²) in [6.45, 7) is 1.48. The fourth-order valence-corrected chi connectivity index (χ4v) is 2.39. The first kappa shape index (κ1) is 13.1. The van der Waals surface area contributed by atoms with Gasteiger partial charge in [0, 0.05) is 32.8 Å². The molecule has 0 saturated carbocycles. The number of carbonyl (C=O) groups excluding carboxylic acids is 1. The van der Waals surface area contributed by atoms with E-state index in [4.69, 9.17) is 4.74 Å². The number of amides is 1. The summed E-state index contributed by atoms with van der Waals surface area (Å²) in [6.07, 6.45) is 1.46. The molecule has 0 bridgehead atoms. The van der Waals surface area contributed by atoms with Crippen molar-refractivity contribution in [2.75, 3.05) is 32.8 Å². The van der Waals surface area contributed by atoms with Crippen LogP contribution in [0.1, 0.15) is 17.5 Å². The third kappa shape index (κ3) is 2.71. The van der Waals surface area contributed by atoms with E-state index < -0.39 is 0 Å². The number of hydrogen-bond donors (Lipinski definition) is 0. The number of hydrogen-bond acceptors (Lipinski definition) is 3. The van der Waals surface area contributed by atoms with Crippen molar-refractivity contribution < 1.29 is 9.53 Å². The average Bonchev–Trinajstić information content (AvgIpc) is 2.34. The Labute approximate surface area is 108 Å². The molecule has 0 fully saturated rings. The lowest BCUT2D eigenvalue weighted by Crippen LogP contribution is -2.31. The molecule has 98 valence electrons. The summed E-state index contributed by atoms with van der Waals surface area (Å²) in [5.41, 5.74) is 3.57. The Morgan fingerprint density at radius 3 is 2.89 bits per heavy atom. The van der Waals surface area contributed by atoms with Crippen molar-refractivity contribution >= 4 is 11.6 Å². The Morgan fingerprint density at radius 2 is 2.17 bits per heavy atom. The van der Waals surface area contributed by atoms with E-state index in [-0.39, 0.29) is 5.91 Å². The lowest BCUT2D eigenvalue weighted by molar-refractivity contribution is -0.118. The van der Waals surface area contributed by atoms with Gasteiger partial charge in [-0.2, -0.15) is 0 Å². The van der Waals surface area contributed by atoms with Crippen molar-refractivity contribution in [2.45, 2.75) is 19.4 Å². The zero-order valence-electron chi connectivity index (χ0n) is 11.3. The van der Waals surface area contributed by atoms with Crippen molar-refractivity contribution in [1.29, 1.82) is 0 Å². The summed E-state index contributed by atoms with van der Waals surface area (Å²) in [7, 11) is 5.57. The lowest BCUT2D eigenvalue weighted by Gasteiger charge is -2.26. The van der Waals surface area contributed by atoms with Gasteiger partial charge in [-0.25, -0.2) is 0 Å². The number of nitrogens with zero attached hydrogens (tertiary/aromatic N) is 2. The van der Waals surface area contributed by atoms with Crippen molar-refractivity contribution in [3.63, 3.8) is 0 Å². The summed E-state index contributed by atoms with van der Waals surface area (Å²) in [6, 6.07) is 6.33. The van der Waals surface area contributed by atoms with Crippen LogP contribution < -0.4 is 4.90 Å². The molecule has 0 radical (unpaired) electrons. The van der Waals surface area contributed by atoms with Crippen LogP contribution in [-0.4, -0.2) is 38.7 Å². The third-order valence-corrected chi connectivity index (χ3v) is 3.29. The molecule has 18 heavy (non-hydrogen) atoms. The quantitative estimate of drug-likeness (QED) is 0.759. The van der Waals surface area contributed by atoms with Gasteiger partial charge in [0.25, 0.3) is 0 Å². The van der Waals surface area contributed by atoms with Gasteiger partial charge in [0.1, 0.15) is 0 Å². The second kappa shape index (κ2) is 5.50. The molecule has 1 aliphatic heterocycles. The average molecular weight is 248 g/mol. The van der Waals surface area contributed by atoms with E-state index in [1.807, 2.05) is 20.2 Å². The van der Waals surface area contributed by atoms with Crippen LogP contribution in [0.4, 0.5) is 5.69 Å². The van der Waals surface area contributed by atoms with E-state index in [1.54, 1.807) is 12.0 Å².